The van der Waals surface area contributed by atoms with Crippen LogP contribution in [0.3, 0.4) is 0 Å². The molecule has 0 aliphatic carbocycles. The number of benzene rings is 1. The third-order valence-corrected chi connectivity index (χ3v) is 3.24. The Morgan fingerprint density at radius 1 is 1.32 bits per heavy atom. The van der Waals surface area contributed by atoms with Crippen molar-refractivity contribution in [2.45, 2.75) is 26.2 Å². The van der Waals surface area contributed by atoms with Gasteiger partial charge in [-0.3, -0.25) is 4.79 Å². The molecule has 0 bridgehead atoms. The third kappa shape index (κ3) is 4.56. The number of hydrogen-bond acceptors (Lipinski definition) is 3. The second-order valence-corrected chi connectivity index (χ2v) is 4.79. The number of rotatable bonds is 7. The van der Waals surface area contributed by atoms with Gasteiger partial charge < -0.3 is 15.3 Å². The van der Waals surface area contributed by atoms with E-state index in [1.54, 1.807) is 4.90 Å². The summed E-state index contributed by atoms with van der Waals surface area (Å²) in [5, 5.41) is 11.8. The summed E-state index contributed by atoms with van der Waals surface area (Å²) in [6.07, 6.45) is 2.68. The van der Waals surface area contributed by atoms with Gasteiger partial charge in [-0.2, -0.15) is 0 Å². The molecular weight excluding hydrogens is 240 g/mol. The molecule has 0 atom stereocenters. The number of anilines is 1. The summed E-state index contributed by atoms with van der Waals surface area (Å²) in [5.74, 6) is 0.0507. The minimum atomic E-state index is 0.0507. The zero-order chi connectivity index (χ0) is 14.3. The maximum Gasteiger partial charge on any atom is 0.253 e. The highest BCUT2D eigenvalue weighted by Crippen LogP contribution is 2.16. The standard InChI is InChI=1S/C15H24N2O2/c1-12-11-13(7-8-14(12)16-2)15(19)17(3)9-5-4-6-10-18/h7-8,11,16,18H,4-6,9-10H2,1-3H3. The number of aliphatic hydroxyl groups excluding tert-OH is 1. The van der Waals surface area contributed by atoms with Crippen LogP contribution in [0.2, 0.25) is 0 Å². The molecule has 1 aromatic carbocycles. The van der Waals surface area contributed by atoms with Gasteiger partial charge >= 0.3 is 0 Å². The van der Waals surface area contributed by atoms with Crippen LogP contribution in [0.25, 0.3) is 0 Å². The molecule has 4 heteroatoms. The molecule has 1 rings (SSSR count). The summed E-state index contributed by atoms with van der Waals surface area (Å²) in [4.78, 5) is 14.0. The second-order valence-electron chi connectivity index (χ2n) is 4.79. The summed E-state index contributed by atoms with van der Waals surface area (Å²) < 4.78 is 0. The van der Waals surface area contributed by atoms with Gasteiger partial charge in [0.2, 0.25) is 0 Å². The molecule has 4 nitrogen and oxygen atoms in total. The molecule has 1 aromatic rings. The Balaban J connectivity index is 2.59. The van der Waals surface area contributed by atoms with E-state index < -0.39 is 0 Å². The lowest BCUT2D eigenvalue weighted by Gasteiger charge is -2.18. The Kier molecular flexibility index (Phi) is 6.36. The number of carbonyl (C=O) groups excluding carboxylic acids is 1. The largest absolute Gasteiger partial charge is 0.396 e. The van der Waals surface area contributed by atoms with Gasteiger partial charge in [0.1, 0.15) is 0 Å². The lowest BCUT2D eigenvalue weighted by molar-refractivity contribution is 0.0792. The molecule has 2 N–H and O–H groups in total. The van der Waals surface area contributed by atoms with Crippen LogP contribution in [-0.2, 0) is 0 Å². The quantitative estimate of drug-likeness (QED) is 0.743. The number of hydrogen-bond donors (Lipinski definition) is 2. The monoisotopic (exact) mass is 264 g/mol. The molecule has 0 spiro atoms. The van der Waals surface area contributed by atoms with Crippen molar-refractivity contribution in [2.75, 3.05) is 32.6 Å². The Bertz CT molecular complexity index is 419. The average molecular weight is 264 g/mol. The van der Waals surface area contributed by atoms with E-state index >= 15 is 0 Å². The summed E-state index contributed by atoms with van der Waals surface area (Å²) in [6.45, 7) is 2.94. The second kappa shape index (κ2) is 7.79. The van der Waals surface area contributed by atoms with Crippen molar-refractivity contribution >= 4 is 11.6 Å². The molecule has 106 valence electrons. The average Bonchev–Trinajstić information content (AvgIpc) is 2.42. The summed E-state index contributed by atoms with van der Waals surface area (Å²) in [5.41, 5.74) is 2.84. The van der Waals surface area contributed by atoms with Gasteiger partial charge in [0.15, 0.2) is 0 Å². The molecule has 0 fully saturated rings. The first-order valence-electron chi connectivity index (χ1n) is 6.75. The third-order valence-electron chi connectivity index (χ3n) is 3.24. The fourth-order valence-corrected chi connectivity index (χ4v) is 2.04. The normalized spacial score (nSPS) is 10.3. The Hall–Kier alpha value is -1.55. The van der Waals surface area contributed by atoms with Crippen molar-refractivity contribution < 1.29 is 9.90 Å². The van der Waals surface area contributed by atoms with E-state index in [1.807, 2.05) is 39.2 Å². The van der Waals surface area contributed by atoms with Gasteiger partial charge in [0.05, 0.1) is 0 Å². The maximum atomic E-state index is 12.2. The van der Waals surface area contributed by atoms with E-state index in [9.17, 15) is 4.79 Å². The fraction of sp³-hybridized carbons (Fsp3) is 0.533. The van der Waals surface area contributed by atoms with Crippen molar-refractivity contribution in [3.63, 3.8) is 0 Å². The Labute approximate surface area is 115 Å². The highest BCUT2D eigenvalue weighted by Gasteiger charge is 2.12. The van der Waals surface area contributed by atoms with Crippen LogP contribution >= 0.6 is 0 Å². The highest BCUT2D eigenvalue weighted by atomic mass is 16.2. The van der Waals surface area contributed by atoms with Crippen LogP contribution in [0, 0.1) is 6.92 Å². The smallest absolute Gasteiger partial charge is 0.253 e. The van der Waals surface area contributed by atoms with Crippen LogP contribution < -0.4 is 5.32 Å². The Morgan fingerprint density at radius 3 is 2.63 bits per heavy atom. The SMILES string of the molecule is CNc1ccc(C(=O)N(C)CCCCCO)cc1C. The number of carbonyl (C=O) groups is 1. The number of amides is 1. The number of aryl methyl sites for hydroxylation is 1. The van der Waals surface area contributed by atoms with Crippen LogP contribution in [0.4, 0.5) is 5.69 Å². The van der Waals surface area contributed by atoms with Crippen molar-refractivity contribution in [3.05, 3.63) is 29.3 Å². The van der Waals surface area contributed by atoms with E-state index in [0.29, 0.717) is 0 Å². The minimum Gasteiger partial charge on any atom is -0.396 e. The summed E-state index contributed by atoms with van der Waals surface area (Å²) in [6, 6.07) is 5.70. The van der Waals surface area contributed by atoms with Gasteiger partial charge in [0, 0.05) is 38.5 Å². The minimum absolute atomic E-state index is 0.0507. The lowest BCUT2D eigenvalue weighted by atomic mass is 10.1. The lowest BCUT2D eigenvalue weighted by Crippen LogP contribution is -2.27. The molecular formula is C15H24N2O2. The number of aliphatic hydroxyl groups is 1. The predicted molar refractivity (Wildman–Crippen MR) is 78.6 cm³/mol. The van der Waals surface area contributed by atoms with Crippen molar-refractivity contribution in [3.8, 4) is 0 Å². The number of nitrogens with zero attached hydrogens (tertiary/aromatic N) is 1. The van der Waals surface area contributed by atoms with Gasteiger partial charge in [-0.15, -0.1) is 0 Å². The summed E-state index contributed by atoms with van der Waals surface area (Å²) in [7, 11) is 3.69. The fourth-order valence-electron chi connectivity index (χ4n) is 2.04. The van der Waals surface area contributed by atoms with Gasteiger partial charge in [-0.1, -0.05) is 0 Å². The van der Waals surface area contributed by atoms with Gasteiger partial charge in [0.25, 0.3) is 5.91 Å². The first-order chi connectivity index (χ1) is 9.10. The maximum absolute atomic E-state index is 12.2. The van der Waals surface area contributed by atoms with Crippen molar-refractivity contribution in [1.82, 2.24) is 4.90 Å². The molecule has 1 amide bonds. The molecule has 0 radical (unpaired) electrons. The summed E-state index contributed by atoms with van der Waals surface area (Å²) >= 11 is 0. The Morgan fingerprint density at radius 2 is 2.05 bits per heavy atom. The van der Waals surface area contributed by atoms with E-state index in [1.165, 1.54) is 0 Å². The molecule has 0 heterocycles. The molecule has 0 saturated heterocycles. The van der Waals surface area contributed by atoms with Crippen LogP contribution in [-0.4, -0.2) is 43.2 Å². The molecule has 0 saturated carbocycles. The van der Waals surface area contributed by atoms with Gasteiger partial charge in [-0.25, -0.2) is 0 Å². The predicted octanol–water partition coefficient (Wildman–Crippen LogP) is 2.27. The van der Waals surface area contributed by atoms with E-state index in [2.05, 4.69) is 5.32 Å². The van der Waals surface area contributed by atoms with Crippen LogP contribution in [0.5, 0.6) is 0 Å². The number of unbranched alkanes of at least 4 members (excludes halogenated alkanes) is 2. The van der Waals surface area contributed by atoms with Crippen molar-refractivity contribution in [1.29, 1.82) is 0 Å². The topological polar surface area (TPSA) is 52.6 Å². The van der Waals surface area contributed by atoms with E-state index in [4.69, 9.17) is 5.11 Å². The van der Waals surface area contributed by atoms with E-state index in [-0.39, 0.29) is 12.5 Å². The number of nitrogens with one attached hydrogen (secondary N) is 1. The van der Waals surface area contributed by atoms with Crippen LogP contribution in [0.1, 0.15) is 35.2 Å². The zero-order valence-corrected chi connectivity index (χ0v) is 12.1. The van der Waals surface area contributed by atoms with Crippen LogP contribution in [0.15, 0.2) is 18.2 Å². The molecule has 0 aromatic heterocycles. The highest BCUT2D eigenvalue weighted by molar-refractivity contribution is 5.94. The van der Waals surface area contributed by atoms with Crippen molar-refractivity contribution in [2.24, 2.45) is 0 Å². The molecule has 0 unspecified atom stereocenters. The molecule has 0 aliphatic heterocycles. The van der Waals surface area contributed by atoms with E-state index in [0.717, 1.165) is 42.6 Å². The van der Waals surface area contributed by atoms with Gasteiger partial charge in [-0.05, 0) is 49.9 Å². The molecule has 19 heavy (non-hydrogen) atoms. The first kappa shape index (κ1) is 15.5. The molecule has 0 aliphatic rings. The zero-order valence-electron chi connectivity index (χ0n) is 12.1. The first-order valence-corrected chi connectivity index (χ1v) is 6.75.